The van der Waals surface area contributed by atoms with Crippen molar-refractivity contribution < 1.29 is 14.5 Å². The summed E-state index contributed by atoms with van der Waals surface area (Å²) in [6.07, 6.45) is 6.40. The first-order chi connectivity index (χ1) is 13.3. The van der Waals surface area contributed by atoms with Crippen molar-refractivity contribution in [3.8, 4) is 24.2 Å². The molecule has 0 aromatic heterocycles. The molecule has 28 heavy (non-hydrogen) atoms. The third-order valence-electron chi connectivity index (χ3n) is 3.31. The number of non-ortho nitro benzene ring substituents is 1. The first-order valence-electron chi connectivity index (χ1n) is 7.58. The third-order valence-corrected chi connectivity index (χ3v) is 3.87. The third kappa shape index (κ3) is 5.24. The molecule has 0 spiro atoms. The number of terminal acetylenes is 1. The van der Waals surface area contributed by atoms with Crippen LogP contribution in [-0.2, 0) is 4.79 Å². The van der Waals surface area contributed by atoms with Crippen LogP contribution in [0.2, 0.25) is 10.0 Å². The van der Waals surface area contributed by atoms with E-state index in [9.17, 15) is 20.2 Å². The largest absolute Gasteiger partial charge is 0.478 e. The van der Waals surface area contributed by atoms with Gasteiger partial charge in [-0.3, -0.25) is 14.9 Å². The highest BCUT2D eigenvalue weighted by Crippen LogP contribution is 2.34. The molecule has 140 valence electrons. The summed E-state index contributed by atoms with van der Waals surface area (Å²) in [6, 6.07) is 10.0. The molecule has 0 aliphatic rings. The van der Waals surface area contributed by atoms with Gasteiger partial charge in [0.2, 0.25) is 0 Å². The van der Waals surface area contributed by atoms with Crippen LogP contribution in [0, 0.1) is 33.8 Å². The minimum Gasteiger partial charge on any atom is -0.478 e. The Labute approximate surface area is 170 Å². The zero-order chi connectivity index (χ0) is 20.7. The average Bonchev–Trinajstić information content (AvgIpc) is 2.65. The number of hydrogen-bond donors (Lipinski definition) is 1. The lowest BCUT2D eigenvalue weighted by atomic mass is 10.1. The lowest BCUT2D eigenvalue weighted by Crippen LogP contribution is -2.13. The molecule has 1 N–H and O–H groups in total. The minimum absolute atomic E-state index is 0.0241. The van der Waals surface area contributed by atoms with E-state index in [-0.39, 0.29) is 39.3 Å². The first-order valence-corrected chi connectivity index (χ1v) is 8.34. The molecule has 0 aliphatic heterocycles. The summed E-state index contributed by atoms with van der Waals surface area (Å²) < 4.78 is 5.24. The van der Waals surface area contributed by atoms with Crippen LogP contribution in [0.4, 0.5) is 11.4 Å². The van der Waals surface area contributed by atoms with Crippen LogP contribution in [0.3, 0.4) is 0 Å². The highest BCUT2D eigenvalue weighted by atomic mass is 35.5. The Morgan fingerprint density at radius 3 is 2.57 bits per heavy atom. The molecule has 2 aromatic rings. The molecule has 2 rings (SSSR count). The number of carbonyl (C=O) groups excluding carboxylic acids is 1. The van der Waals surface area contributed by atoms with Crippen LogP contribution in [0.25, 0.3) is 6.08 Å². The van der Waals surface area contributed by atoms with Gasteiger partial charge in [0.05, 0.1) is 15.0 Å². The van der Waals surface area contributed by atoms with E-state index in [1.807, 2.05) is 0 Å². The number of nitrogens with zero attached hydrogens (tertiary/aromatic N) is 2. The van der Waals surface area contributed by atoms with E-state index in [2.05, 4.69) is 11.2 Å². The quantitative estimate of drug-likeness (QED) is 0.246. The molecule has 0 bridgehead atoms. The monoisotopic (exact) mass is 415 g/mol. The van der Waals surface area contributed by atoms with Gasteiger partial charge in [-0.15, -0.1) is 6.42 Å². The highest BCUT2D eigenvalue weighted by molar-refractivity contribution is 6.37. The number of halogens is 2. The number of ether oxygens (including phenoxy) is 1. The van der Waals surface area contributed by atoms with Gasteiger partial charge in [0.25, 0.3) is 11.6 Å². The van der Waals surface area contributed by atoms with E-state index < -0.39 is 10.8 Å². The SMILES string of the molecule is C#CCOc1c(Cl)cc(/C=C(\C#N)C(=O)Nc2cccc([N+](=O)[O-])c2)cc1Cl. The number of carbonyl (C=O) groups is 1. The van der Waals surface area contributed by atoms with Crippen molar-refractivity contribution in [1.82, 2.24) is 0 Å². The summed E-state index contributed by atoms with van der Waals surface area (Å²) in [5, 5.41) is 22.8. The van der Waals surface area contributed by atoms with Crippen molar-refractivity contribution in [3.05, 3.63) is 67.7 Å². The predicted molar refractivity (Wildman–Crippen MR) is 106 cm³/mol. The van der Waals surface area contributed by atoms with Gasteiger partial charge in [-0.1, -0.05) is 35.2 Å². The summed E-state index contributed by atoms with van der Waals surface area (Å²) in [5.41, 5.74) is 0.112. The van der Waals surface area contributed by atoms with Gasteiger partial charge >= 0.3 is 0 Å². The molecule has 2 aromatic carbocycles. The van der Waals surface area contributed by atoms with Gasteiger partial charge in [-0.05, 0) is 29.8 Å². The molecule has 7 nitrogen and oxygen atoms in total. The minimum atomic E-state index is -0.747. The molecular weight excluding hydrogens is 405 g/mol. The Balaban J connectivity index is 2.27. The van der Waals surface area contributed by atoms with Gasteiger partial charge in [0.1, 0.15) is 18.2 Å². The van der Waals surface area contributed by atoms with Crippen molar-refractivity contribution in [2.24, 2.45) is 0 Å². The molecule has 0 unspecified atom stereocenters. The fourth-order valence-electron chi connectivity index (χ4n) is 2.13. The number of hydrogen-bond acceptors (Lipinski definition) is 5. The van der Waals surface area contributed by atoms with Crippen LogP contribution in [0.1, 0.15) is 5.56 Å². The second kappa shape index (κ2) is 9.43. The van der Waals surface area contributed by atoms with Gasteiger partial charge in [0.15, 0.2) is 5.75 Å². The number of nitro groups is 1. The van der Waals surface area contributed by atoms with Gasteiger partial charge < -0.3 is 10.1 Å². The standard InChI is InChI=1S/C19H11Cl2N3O4/c1-2-6-28-18-16(20)8-12(9-17(18)21)7-13(11-22)19(25)23-14-4-3-5-15(10-14)24(26)27/h1,3-5,7-10H,6H2,(H,23,25)/b13-7+. The van der Waals surface area contributed by atoms with Gasteiger partial charge in [-0.2, -0.15) is 5.26 Å². The second-order valence-corrected chi connectivity index (χ2v) is 6.05. The number of nitrogens with one attached hydrogen (secondary N) is 1. The number of anilines is 1. The Morgan fingerprint density at radius 1 is 1.32 bits per heavy atom. The number of nitro benzene ring substituents is 1. The van der Waals surface area contributed by atoms with Crippen LogP contribution in [0.15, 0.2) is 42.0 Å². The summed E-state index contributed by atoms with van der Waals surface area (Å²) >= 11 is 12.2. The van der Waals surface area contributed by atoms with Crippen LogP contribution < -0.4 is 10.1 Å². The van der Waals surface area contributed by atoms with Crippen LogP contribution in [-0.4, -0.2) is 17.4 Å². The highest BCUT2D eigenvalue weighted by Gasteiger charge is 2.14. The zero-order valence-corrected chi connectivity index (χ0v) is 15.6. The van der Waals surface area contributed by atoms with Crippen LogP contribution in [0.5, 0.6) is 5.75 Å². The molecule has 0 radical (unpaired) electrons. The van der Waals surface area contributed by atoms with Gasteiger partial charge in [-0.25, -0.2) is 0 Å². The topological polar surface area (TPSA) is 105 Å². The predicted octanol–water partition coefficient (Wildman–Crippen LogP) is 4.46. The Kier molecular flexibility index (Phi) is 7.00. The zero-order valence-electron chi connectivity index (χ0n) is 14.1. The second-order valence-electron chi connectivity index (χ2n) is 5.24. The van der Waals surface area contributed by atoms with Crippen molar-refractivity contribution in [3.63, 3.8) is 0 Å². The van der Waals surface area contributed by atoms with Gasteiger partial charge in [0, 0.05) is 17.8 Å². The van der Waals surface area contributed by atoms with E-state index in [1.165, 1.54) is 42.5 Å². The summed E-state index contributed by atoms with van der Waals surface area (Å²) in [5.74, 6) is 1.73. The lowest BCUT2D eigenvalue weighted by molar-refractivity contribution is -0.384. The number of nitriles is 1. The van der Waals surface area contributed by atoms with E-state index in [0.29, 0.717) is 5.56 Å². The molecule has 0 aliphatic carbocycles. The molecule has 1 amide bonds. The summed E-state index contributed by atoms with van der Waals surface area (Å²) in [6.45, 7) is -0.0241. The van der Waals surface area contributed by atoms with Crippen molar-refractivity contribution in [2.75, 3.05) is 11.9 Å². The molecule has 0 atom stereocenters. The smallest absolute Gasteiger partial charge is 0.271 e. The molecule has 9 heteroatoms. The Morgan fingerprint density at radius 2 is 2.00 bits per heavy atom. The summed E-state index contributed by atoms with van der Waals surface area (Å²) in [4.78, 5) is 22.5. The maximum atomic E-state index is 12.3. The average molecular weight is 416 g/mol. The maximum Gasteiger partial charge on any atom is 0.271 e. The number of rotatable bonds is 6. The van der Waals surface area contributed by atoms with Crippen molar-refractivity contribution in [1.29, 1.82) is 5.26 Å². The Hall–Kier alpha value is -3.52. The fraction of sp³-hybridized carbons (Fsp3) is 0.0526. The molecule has 0 saturated heterocycles. The molecular formula is C19H11Cl2N3O4. The van der Waals surface area contributed by atoms with Crippen molar-refractivity contribution in [2.45, 2.75) is 0 Å². The Bertz CT molecular complexity index is 1030. The molecule has 0 saturated carbocycles. The van der Waals surface area contributed by atoms with E-state index in [0.717, 1.165) is 0 Å². The van der Waals surface area contributed by atoms with Crippen LogP contribution >= 0.6 is 23.2 Å². The number of amides is 1. The van der Waals surface area contributed by atoms with E-state index in [4.69, 9.17) is 34.4 Å². The summed E-state index contributed by atoms with van der Waals surface area (Å²) in [7, 11) is 0. The first kappa shape index (κ1) is 20.8. The molecule has 0 fully saturated rings. The lowest BCUT2D eigenvalue weighted by Gasteiger charge is -2.09. The number of benzene rings is 2. The molecule has 0 heterocycles. The van der Waals surface area contributed by atoms with Crippen molar-refractivity contribution >= 4 is 46.6 Å². The van der Waals surface area contributed by atoms with E-state index in [1.54, 1.807) is 6.07 Å². The normalized spacial score (nSPS) is 10.5. The fourth-order valence-corrected chi connectivity index (χ4v) is 2.74. The van der Waals surface area contributed by atoms with E-state index >= 15 is 0 Å². The maximum absolute atomic E-state index is 12.3.